The van der Waals surface area contributed by atoms with Crippen LogP contribution in [0.15, 0.2) is 48.7 Å². The van der Waals surface area contributed by atoms with Crippen molar-refractivity contribution in [2.24, 2.45) is 0 Å². The molecule has 8 nitrogen and oxygen atoms in total. The van der Waals surface area contributed by atoms with Crippen LogP contribution < -0.4 is 14.1 Å². The summed E-state index contributed by atoms with van der Waals surface area (Å²) >= 11 is 6.14. The molecule has 2 aromatic heterocycles. The van der Waals surface area contributed by atoms with Crippen LogP contribution in [0.2, 0.25) is 5.15 Å². The fraction of sp³-hybridized carbons (Fsp3) is 0.292. The van der Waals surface area contributed by atoms with Crippen molar-refractivity contribution in [1.82, 2.24) is 9.97 Å². The summed E-state index contributed by atoms with van der Waals surface area (Å²) in [4.78, 5) is 25.9. The summed E-state index contributed by atoms with van der Waals surface area (Å²) in [5, 5.41) is 0.354. The Balaban J connectivity index is 1.59. The number of benzene rings is 1. The first-order valence-corrected chi connectivity index (χ1v) is 13.1. The number of fused-ring (bicyclic) bond motifs is 2. The summed E-state index contributed by atoms with van der Waals surface area (Å²) < 4.78 is 24.7. The van der Waals surface area contributed by atoms with E-state index in [9.17, 15) is 13.2 Å². The monoisotopic (exact) mass is 499 g/mol. The van der Waals surface area contributed by atoms with Crippen LogP contribution in [-0.2, 0) is 22.9 Å². The van der Waals surface area contributed by atoms with Gasteiger partial charge in [0, 0.05) is 26.8 Å². The molecule has 0 unspecified atom stereocenters. The molecule has 178 valence electrons. The number of halogens is 1. The molecule has 0 radical (unpaired) electrons. The number of aromatic nitrogens is 2. The topological polar surface area (TPSA) is 86.7 Å². The normalized spacial score (nSPS) is 13.4. The Kier molecular flexibility index (Phi) is 6.51. The number of sulfonamides is 1. The number of carbonyl (C=O) groups is 1. The molecule has 0 N–H and O–H groups in total. The van der Waals surface area contributed by atoms with E-state index in [0.29, 0.717) is 46.7 Å². The highest BCUT2D eigenvalue weighted by Crippen LogP contribution is 2.38. The third-order valence-electron chi connectivity index (χ3n) is 5.97. The predicted molar refractivity (Wildman–Crippen MR) is 136 cm³/mol. The first-order valence-electron chi connectivity index (χ1n) is 10.8. The van der Waals surface area contributed by atoms with Crippen molar-refractivity contribution in [3.05, 3.63) is 70.5 Å². The zero-order valence-corrected chi connectivity index (χ0v) is 21.1. The second-order valence-electron chi connectivity index (χ2n) is 8.20. The SMILES string of the molecule is CCN1c2ncc(CCc3ccc(N(C)S(C)(=O)=O)cc3)cc2C(=O)N(C)c2ccc(Cl)nc21. The summed E-state index contributed by atoms with van der Waals surface area (Å²) in [7, 11) is -0.0487. The van der Waals surface area contributed by atoms with Crippen LogP contribution in [0, 0.1) is 0 Å². The molecule has 0 atom stereocenters. The van der Waals surface area contributed by atoms with Gasteiger partial charge in [-0.3, -0.25) is 9.10 Å². The van der Waals surface area contributed by atoms with Crippen molar-refractivity contribution in [1.29, 1.82) is 0 Å². The van der Waals surface area contributed by atoms with Gasteiger partial charge in [0.2, 0.25) is 10.0 Å². The smallest absolute Gasteiger partial charge is 0.261 e. The van der Waals surface area contributed by atoms with Crippen molar-refractivity contribution in [3.63, 3.8) is 0 Å². The minimum absolute atomic E-state index is 0.154. The highest BCUT2D eigenvalue weighted by molar-refractivity contribution is 7.92. The number of nitrogens with zero attached hydrogens (tertiary/aromatic N) is 5. The first kappa shape index (κ1) is 24.0. The second kappa shape index (κ2) is 9.23. The van der Waals surface area contributed by atoms with E-state index in [1.54, 1.807) is 42.4 Å². The lowest BCUT2D eigenvalue weighted by Gasteiger charge is -2.23. The molecule has 0 spiro atoms. The van der Waals surface area contributed by atoms with Gasteiger partial charge in [0.05, 0.1) is 23.2 Å². The number of amides is 1. The average molecular weight is 500 g/mol. The lowest BCUT2D eigenvalue weighted by atomic mass is 10.0. The van der Waals surface area contributed by atoms with Gasteiger partial charge < -0.3 is 9.80 Å². The molecule has 0 saturated heterocycles. The molecular weight excluding hydrogens is 474 g/mol. The van der Waals surface area contributed by atoms with Gasteiger partial charge in [-0.2, -0.15) is 0 Å². The van der Waals surface area contributed by atoms with Gasteiger partial charge in [0.25, 0.3) is 5.91 Å². The van der Waals surface area contributed by atoms with Crippen LogP contribution in [0.25, 0.3) is 0 Å². The third kappa shape index (κ3) is 4.58. The highest BCUT2D eigenvalue weighted by Gasteiger charge is 2.31. The maximum absolute atomic E-state index is 13.3. The Labute approximate surface area is 204 Å². The quantitative estimate of drug-likeness (QED) is 0.475. The lowest BCUT2D eigenvalue weighted by Crippen LogP contribution is -2.25. The zero-order valence-electron chi connectivity index (χ0n) is 19.5. The Hall–Kier alpha value is -3.17. The molecule has 34 heavy (non-hydrogen) atoms. The minimum atomic E-state index is -3.30. The first-order chi connectivity index (χ1) is 16.1. The molecular formula is C24H26ClN5O3S. The van der Waals surface area contributed by atoms with Crippen molar-refractivity contribution in [3.8, 4) is 0 Å². The van der Waals surface area contributed by atoms with Crippen LogP contribution in [0.5, 0.6) is 0 Å². The number of anilines is 4. The second-order valence-corrected chi connectivity index (χ2v) is 10.6. The van der Waals surface area contributed by atoms with E-state index >= 15 is 0 Å². The van der Waals surface area contributed by atoms with Gasteiger partial charge in [0.15, 0.2) is 5.82 Å². The van der Waals surface area contributed by atoms with Crippen LogP contribution in [-0.4, -0.2) is 51.2 Å². The Morgan fingerprint density at radius 1 is 1.03 bits per heavy atom. The zero-order chi connectivity index (χ0) is 24.6. The van der Waals surface area contributed by atoms with Crippen LogP contribution in [0.3, 0.4) is 0 Å². The highest BCUT2D eigenvalue weighted by atomic mass is 35.5. The lowest BCUT2D eigenvalue weighted by molar-refractivity contribution is 0.0994. The fourth-order valence-electron chi connectivity index (χ4n) is 3.93. The number of aryl methyl sites for hydroxylation is 2. The summed E-state index contributed by atoms with van der Waals surface area (Å²) in [5.41, 5.74) is 3.80. The Morgan fingerprint density at radius 3 is 2.35 bits per heavy atom. The van der Waals surface area contributed by atoms with Crippen LogP contribution >= 0.6 is 11.6 Å². The maximum atomic E-state index is 13.3. The molecule has 1 aliphatic rings. The molecule has 0 bridgehead atoms. The number of hydrogen-bond acceptors (Lipinski definition) is 6. The Bertz CT molecular complexity index is 1350. The number of rotatable bonds is 6. The summed E-state index contributed by atoms with van der Waals surface area (Å²) in [5.74, 6) is 1.01. The van der Waals surface area contributed by atoms with Crippen molar-refractivity contribution in [2.75, 3.05) is 41.0 Å². The van der Waals surface area contributed by atoms with E-state index in [0.717, 1.165) is 17.5 Å². The summed E-state index contributed by atoms with van der Waals surface area (Å²) in [6.07, 6.45) is 4.37. The van der Waals surface area contributed by atoms with E-state index in [1.807, 2.05) is 30.0 Å². The molecule has 1 amide bonds. The molecule has 3 heterocycles. The standard InChI is InChI=1S/C24H26ClN5O3S/c1-5-30-22-19(24(31)28(2)20-12-13-21(25)27-23(20)30)14-17(15-26-22)7-6-16-8-10-18(11-9-16)29(3)34(4,32)33/h8-15H,5-7H2,1-4H3. The van der Waals surface area contributed by atoms with Gasteiger partial charge in [-0.05, 0) is 61.2 Å². The van der Waals surface area contributed by atoms with E-state index in [1.165, 1.54) is 17.6 Å². The maximum Gasteiger partial charge on any atom is 0.261 e. The molecule has 0 aliphatic carbocycles. The van der Waals surface area contributed by atoms with Crippen molar-refractivity contribution >= 4 is 50.5 Å². The summed E-state index contributed by atoms with van der Waals surface area (Å²) in [6.45, 7) is 2.56. The molecule has 0 fully saturated rings. The molecule has 1 aliphatic heterocycles. The number of carbonyl (C=O) groups excluding carboxylic acids is 1. The molecule has 1 aromatic carbocycles. The molecule has 0 saturated carbocycles. The van der Waals surface area contributed by atoms with Gasteiger partial charge in [0.1, 0.15) is 11.0 Å². The molecule has 3 aromatic rings. The van der Waals surface area contributed by atoms with Crippen molar-refractivity contribution < 1.29 is 13.2 Å². The molecule has 4 rings (SSSR count). The fourth-order valence-corrected chi connectivity index (χ4v) is 4.58. The largest absolute Gasteiger partial charge is 0.309 e. The third-order valence-corrected chi connectivity index (χ3v) is 7.38. The van der Waals surface area contributed by atoms with E-state index in [4.69, 9.17) is 11.6 Å². The average Bonchev–Trinajstić information content (AvgIpc) is 2.90. The number of pyridine rings is 2. The van der Waals surface area contributed by atoms with Gasteiger partial charge in [-0.15, -0.1) is 0 Å². The van der Waals surface area contributed by atoms with Gasteiger partial charge in [-0.25, -0.2) is 18.4 Å². The predicted octanol–water partition coefficient (Wildman–Crippen LogP) is 4.06. The van der Waals surface area contributed by atoms with E-state index < -0.39 is 10.0 Å². The van der Waals surface area contributed by atoms with E-state index in [2.05, 4.69) is 9.97 Å². The van der Waals surface area contributed by atoms with Gasteiger partial charge >= 0.3 is 0 Å². The van der Waals surface area contributed by atoms with Crippen LogP contribution in [0.1, 0.15) is 28.4 Å². The molecule has 10 heteroatoms. The Morgan fingerprint density at radius 2 is 1.71 bits per heavy atom. The van der Waals surface area contributed by atoms with E-state index in [-0.39, 0.29) is 5.91 Å². The van der Waals surface area contributed by atoms with Crippen molar-refractivity contribution in [2.45, 2.75) is 19.8 Å². The van der Waals surface area contributed by atoms with Crippen LogP contribution in [0.4, 0.5) is 23.0 Å². The minimum Gasteiger partial charge on any atom is -0.309 e. The van der Waals surface area contributed by atoms with Gasteiger partial charge in [-0.1, -0.05) is 23.7 Å². The summed E-state index contributed by atoms with van der Waals surface area (Å²) in [6, 6.07) is 12.8. The number of hydrogen-bond donors (Lipinski definition) is 0.